The highest BCUT2D eigenvalue weighted by Gasteiger charge is 2.26. The van der Waals surface area contributed by atoms with E-state index in [0.717, 1.165) is 5.69 Å². The summed E-state index contributed by atoms with van der Waals surface area (Å²) < 4.78 is 16.0. The summed E-state index contributed by atoms with van der Waals surface area (Å²) in [5, 5.41) is 12.0. The lowest BCUT2D eigenvalue weighted by Gasteiger charge is -2.16. The van der Waals surface area contributed by atoms with Crippen molar-refractivity contribution >= 4 is 11.8 Å². The van der Waals surface area contributed by atoms with Crippen molar-refractivity contribution in [2.45, 2.75) is 19.4 Å². The average Bonchev–Trinajstić information content (AvgIpc) is 3.10. The number of imidazole rings is 1. The van der Waals surface area contributed by atoms with Gasteiger partial charge >= 0.3 is 6.09 Å². The molecule has 1 fully saturated rings. The standard InChI is InChI=1S/C15H17FN4O2/c1-10-7-20(9-17-10)12-2-3-14(13(16)6-12)18-11-4-5-19(8-11)15(21)22/h2-3,6-7,9,11,18H,4-5,8H2,1H3,(H,21,22)/t11-/m1/s1. The second-order valence-corrected chi connectivity index (χ2v) is 5.44. The first kappa shape index (κ1) is 14.4. The average molecular weight is 304 g/mol. The summed E-state index contributed by atoms with van der Waals surface area (Å²) in [4.78, 5) is 16.3. The van der Waals surface area contributed by atoms with E-state index < -0.39 is 6.09 Å². The maximum absolute atomic E-state index is 14.2. The molecule has 2 aromatic rings. The van der Waals surface area contributed by atoms with Crippen LogP contribution >= 0.6 is 0 Å². The molecule has 1 atom stereocenters. The van der Waals surface area contributed by atoms with Gasteiger partial charge in [-0.1, -0.05) is 0 Å². The van der Waals surface area contributed by atoms with Crippen LogP contribution in [0, 0.1) is 12.7 Å². The van der Waals surface area contributed by atoms with Gasteiger partial charge in [0.1, 0.15) is 5.82 Å². The summed E-state index contributed by atoms with van der Waals surface area (Å²) in [6.45, 7) is 2.72. The molecule has 1 aromatic carbocycles. The third-order valence-electron chi connectivity index (χ3n) is 3.78. The number of aromatic nitrogens is 2. The maximum Gasteiger partial charge on any atom is 0.407 e. The van der Waals surface area contributed by atoms with Crippen LogP contribution in [0.15, 0.2) is 30.7 Å². The Bertz CT molecular complexity index is 701. The number of aryl methyl sites for hydroxylation is 1. The Kier molecular flexibility index (Phi) is 3.70. The van der Waals surface area contributed by atoms with Gasteiger partial charge in [0, 0.05) is 37.1 Å². The Morgan fingerprint density at radius 3 is 2.91 bits per heavy atom. The molecule has 1 aliphatic heterocycles. The second-order valence-electron chi connectivity index (χ2n) is 5.44. The molecule has 1 amide bonds. The van der Waals surface area contributed by atoms with Gasteiger partial charge < -0.3 is 19.9 Å². The van der Waals surface area contributed by atoms with Crippen LogP contribution in [0.1, 0.15) is 12.1 Å². The molecule has 7 heteroatoms. The van der Waals surface area contributed by atoms with Crippen LogP contribution in [-0.4, -0.2) is 44.8 Å². The fourth-order valence-corrected chi connectivity index (χ4v) is 2.62. The molecule has 0 aliphatic carbocycles. The summed E-state index contributed by atoms with van der Waals surface area (Å²) >= 11 is 0. The van der Waals surface area contributed by atoms with E-state index in [9.17, 15) is 9.18 Å². The minimum atomic E-state index is -0.935. The number of rotatable bonds is 3. The Hall–Kier alpha value is -2.57. The van der Waals surface area contributed by atoms with E-state index in [2.05, 4.69) is 10.3 Å². The Labute approximate surface area is 127 Å². The number of nitrogens with zero attached hydrogens (tertiary/aromatic N) is 3. The lowest BCUT2D eigenvalue weighted by Crippen LogP contribution is -2.30. The second kappa shape index (κ2) is 5.67. The third kappa shape index (κ3) is 2.88. The summed E-state index contributed by atoms with van der Waals surface area (Å²) in [6.07, 6.45) is 3.20. The molecule has 0 bridgehead atoms. The number of carbonyl (C=O) groups is 1. The minimum absolute atomic E-state index is 0.0630. The number of benzene rings is 1. The number of carboxylic acid groups (broad SMARTS) is 1. The van der Waals surface area contributed by atoms with E-state index in [-0.39, 0.29) is 11.9 Å². The highest BCUT2D eigenvalue weighted by molar-refractivity contribution is 5.65. The zero-order valence-corrected chi connectivity index (χ0v) is 12.2. The Morgan fingerprint density at radius 2 is 2.32 bits per heavy atom. The van der Waals surface area contributed by atoms with Gasteiger partial charge in [0.15, 0.2) is 0 Å². The molecular formula is C15H17FN4O2. The molecule has 1 aliphatic rings. The van der Waals surface area contributed by atoms with Gasteiger partial charge in [0.05, 0.1) is 17.7 Å². The lowest BCUT2D eigenvalue weighted by molar-refractivity contribution is 0.155. The van der Waals surface area contributed by atoms with Crippen molar-refractivity contribution in [2.24, 2.45) is 0 Å². The van der Waals surface area contributed by atoms with Crippen molar-refractivity contribution in [1.82, 2.24) is 14.5 Å². The van der Waals surface area contributed by atoms with Crippen molar-refractivity contribution in [3.63, 3.8) is 0 Å². The fraction of sp³-hybridized carbons (Fsp3) is 0.333. The number of hydrogen-bond acceptors (Lipinski definition) is 3. The molecule has 0 unspecified atom stereocenters. The van der Waals surface area contributed by atoms with Gasteiger partial charge in [0.2, 0.25) is 0 Å². The molecule has 2 N–H and O–H groups in total. The first-order valence-electron chi connectivity index (χ1n) is 7.08. The number of halogens is 1. The van der Waals surface area contributed by atoms with E-state index in [1.165, 1.54) is 11.0 Å². The maximum atomic E-state index is 14.2. The topological polar surface area (TPSA) is 70.4 Å². The van der Waals surface area contributed by atoms with Gasteiger partial charge in [-0.25, -0.2) is 14.2 Å². The SMILES string of the molecule is Cc1cn(-c2ccc(N[C@@H]3CCN(C(=O)O)C3)c(F)c2)cn1. The normalized spacial score (nSPS) is 17.7. The molecule has 6 nitrogen and oxygen atoms in total. The first-order chi connectivity index (χ1) is 10.5. The first-order valence-corrected chi connectivity index (χ1v) is 7.08. The van der Waals surface area contributed by atoms with Crippen molar-refractivity contribution in [3.8, 4) is 5.69 Å². The number of amides is 1. The lowest BCUT2D eigenvalue weighted by atomic mass is 10.2. The smallest absolute Gasteiger partial charge is 0.407 e. The molecule has 0 saturated carbocycles. The highest BCUT2D eigenvalue weighted by atomic mass is 19.1. The third-order valence-corrected chi connectivity index (χ3v) is 3.78. The monoisotopic (exact) mass is 304 g/mol. The molecule has 3 rings (SSSR count). The molecule has 1 aromatic heterocycles. The van der Waals surface area contributed by atoms with Gasteiger partial charge in [-0.15, -0.1) is 0 Å². The molecule has 116 valence electrons. The molecular weight excluding hydrogens is 287 g/mol. The predicted octanol–water partition coefficient (Wildman–Crippen LogP) is 2.48. The number of nitrogens with one attached hydrogen (secondary N) is 1. The summed E-state index contributed by atoms with van der Waals surface area (Å²) in [7, 11) is 0. The van der Waals surface area contributed by atoms with Crippen LogP contribution in [0.5, 0.6) is 0 Å². The van der Waals surface area contributed by atoms with E-state index in [0.29, 0.717) is 30.9 Å². The summed E-state index contributed by atoms with van der Waals surface area (Å²) in [5.41, 5.74) is 1.95. The molecule has 0 radical (unpaired) electrons. The Morgan fingerprint density at radius 1 is 1.50 bits per heavy atom. The molecule has 1 saturated heterocycles. The van der Waals surface area contributed by atoms with E-state index in [1.807, 2.05) is 13.1 Å². The quantitative estimate of drug-likeness (QED) is 0.914. The number of likely N-dealkylation sites (tertiary alicyclic amines) is 1. The van der Waals surface area contributed by atoms with Crippen LogP contribution in [-0.2, 0) is 0 Å². The number of anilines is 1. The van der Waals surface area contributed by atoms with Crippen molar-refractivity contribution in [3.05, 3.63) is 42.2 Å². The summed E-state index contributed by atoms with van der Waals surface area (Å²) in [5.74, 6) is -0.363. The van der Waals surface area contributed by atoms with Gasteiger partial charge in [-0.3, -0.25) is 0 Å². The predicted molar refractivity (Wildman–Crippen MR) is 79.9 cm³/mol. The van der Waals surface area contributed by atoms with Crippen molar-refractivity contribution < 1.29 is 14.3 Å². The van der Waals surface area contributed by atoms with Crippen LogP contribution in [0.25, 0.3) is 5.69 Å². The van der Waals surface area contributed by atoms with E-state index >= 15 is 0 Å². The Balaban J connectivity index is 1.72. The minimum Gasteiger partial charge on any atom is -0.465 e. The highest BCUT2D eigenvalue weighted by Crippen LogP contribution is 2.22. The molecule has 22 heavy (non-hydrogen) atoms. The number of hydrogen-bond donors (Lipinski definition) is 2. The van der Waals surface area contributed by atoms with Gasteiger partial charge in [0.25, 0.3) is 0 Å². The van der Waals surface area contributed by atoms with Crippen LogP contribution < -0.4 is 5.32 Å². The molecule has 2 heterocycles. The van der Waals surface area contributed by atoms with Gasteiger partial charge in [-0.05, 0) is 25.5 Å². The van der Waals surface area contributed by atoms with Crippen molar-refractivity contribution in [2.75, 3.05) is 18.4 Å². The van der Waals surface area contributed by atoms with Crippen molar-refractivity contribution in [1.29, 1.82) is 0 Å². The zero-order chi connectivity index (χ0) is 15.7. The summed E-state index contributed by atoms with van der Waals surface area (Å²) in [6, 6.07) is 4.85. The zero-order valence-electron chi connectivity index (χ0n) is 12.2. The largest absolute Gasteiger partial charge is 0.465 e. The van der Waals surface area contributed by atoms with Gasteiger partial charge in [-0.2, -0.15) is 0 Å². The fourth-order valence-electron chi connectivity index (χ4n) is 2.62. The van der Waals surface area contributed by atoms with Crippen LogP contribution in [0.4, 0.5) is 14.9 Å². The van der Waals surface area contributed by atoms with E-state index in [4.69, 9.17) is 5.11 Å². The van der Waals surface area contributed by atoms with Crippen LogP contribution in [0.2, 0.25) is 0 Å². The van der Waals surface area contributed by atoms with Crippen LogP contribution in [0.3, 0.4) is 0 Å². The van der Waals surface area contributed by atoms with E-state index in [1.54, 1.807) is 23.0 Å². The molecule has 0 spiro atoms.